The third-order valence-electron chi connectivity index (χ3n) is 8.09. The molecule has 8 heteroatoms. The summed E-state index contributed by atoms with van der Waals surface area (Å²) in [5.74, 6) is 0.940. The molecule has 6 fully saturated rings. The Balaban J connectivity index is 1.20. The molecule has 5 aliphatic carbocycles. The summed E-state index contributed by atoms with van der Waals surface area (Å²) in [5.41, 5.74) is 10.6. The van der Waals surface area contributed by atoms with Crippen LogP contribution >= 0.6 is 0 Å². The predicted octanol–water partition coefficient (Wildman–Crippen LogP) is 1.28. The molecule has 0 aromatic rings. The van der Waals surface area contributed by atoms with Gasteiger partial charge in [-0.25, -0.2) is 0 Å². The van der Waals surface area contributed by atoms with Crippen molar-refractivity contribution in [3.05, 3.63) is 0 Å². The first kappa shape index (κ1) is 19.7. The maximum Gasteiger partial charge on any atom is 0.231 e. The molecule has 0 aromatic carbocycles. The Hall–Kier alpha value is -1.22. The van der Waals surface area contributed by atoms with Crippen LogP contribution in [-0.2, 0) is 24.1 Å². The van der Waals surface area contributed by atoms with Gasteiger partial charge in [0.25, 0.3) is 0 Å². The molecule has 1 heterocycles. The zero-order valence-corrected chi connectivity index (χ0v) is 17.0. The van der Waals surface area contributed by atoms with E-state index in [2.05, 4.69) is 0 Å². The fourth-order valence-electron chi connectivity index (χ4n) is 7.09. The summed E-state index contributed by atoms with van der Waals surface area (Å²) >= 11 is 0. The average Bonchev–Trinajstić information content (AvgIpc) is 3.01. The molecule has 4 bridgehead atoms. The molecule has 0 radical (unpaired) electrons. The molecule has 1 saturated heterocycles. The van der Waals surface area contributed by atoms with E-state index >= 15 is 0 Å². The van der Waals surface area contributed by atoms with E-state index in [4.69, 9.17) is 26.0 Å². The minimum Gasteiger partial charge on any atom is -0.369 e. The van der Waals surface area contributed by atoms with Crippen LogP contribution in [0.25, 0.3) is 0 Å². The minimum absolute atomic E-state index is 0.0511. The first-order chi connectivity index (χ1) is 13.9. The van der Waals surface area contributed by atoms with Gasteiger partial charge in [-0.3, -0.25) is 14.5 Å². The lowest BCUT2D eigenvalue weighted by atomic mass is 9.53. The molecule has 5 saturated carbocycles. The van der Waals surface area contributed by atoms with Crippen LogP contribution in [0.5, 0.6) is 0 Å². The first-order valence-electron chi connectivity index (χ1n) is 11.2. The van der Waals surface area contributed by atoms with E-state index in [1.54, 1.807) is 4.90 Å². The van der Waals surface area contributed by atoms with Crippen molar-refractivity contribution in [2.24, 2.45) is 41.1 Å². The van der Waals surface area contributed by atoms with Crippen LogP contribution in [0.4, 0.5) is 0 Å². The van der Waals surface area contributed by atoms with E-state index in [1.165, 1.54) is 32.1 Å². The smallest absolute Gasteiger partial charge is 0.231 e. The number of carbonyl (C=O) groups excluding carboxylic acids is 2. The second-order valence-electron chi connectivity index (χ2n) is 10.3. The average molecular weight is 408 g/mol. The van der Waals surface area contributed by atoms with Gasteiger partial charge >= 0.3 is 0 Å². The molecule has 0 unspecified atom stereocenters. The molecule has 6 aliphatic rings. The largest absolute Gasteiger partial charge is 0.369 e. The van der Waals surface area contributed by atoms with E-state index in [1.807, 2.05) is 0 Å². The fraction of sp³-hybridized carbons (Fsp3) is 0.905. The molecule has 2 amide bonds. The van der Waals surface area contributed by atoms with Crippen LogP contribution in [0.15, 0.2) is 0 Å². The van der Waals surface area contributed by atoms with Crippen LogP contribution in [-0.4, -0.2) is 47.9 Å². The van der Waals surface area contributed by atoms with Crippen molar-refractivity contribution in [3.8, 4) is 0 Å². The monoisotopic (exact) mass is 407 g/mol. The van der Waals surface area contributed by atoms with Crippen molar-refractivity contribution >= 4 is 11.8 Å². The SMILES string of the molecule is NC(=O)CN(CC(N)=O)CC1CCC2(CC1)OOC1(O2)C2CC3CC(C2)CC1C3. The molecule has 0 atom stereocenters. The van der Waals surface area contributed by atoms with Crippen molar-refractivity contribution < 1.29 is 24.1 Å². The summed E-state index contributed by atoms with van der Waals surface area (Å²) in [4.78, 5) is 36.4. The molecular formula is C21H33N3O5. The lowest BCUT2D eigenvalue weighted by Crippen LogP contribution is -2.59. The Bertz CT molecular complexity index is 631. The third-order valence-corrected chi connectivity index (χ3v) is 8.09. The highest BCUT2D eigenvalue weighted by Crippen LogP contribution is 2.63. The molecule has 6 rings (SSSR count). The van der Waals surface area contributed by atoms with Gasteiger partial charge in [0.2, 0.25) is 23.4 Å². The van der Waals surface area contributed by atoms with Gasteiger partial charge in [-0.15, -0.1) is 0 Å². The zero-order valence-electron chi connectivity index (χ0n) is 17.0. The van der Waals surface area contributed by atoms with E-state index in [0.717, 1.165) is 37.5 Å². The van der Waals surface area contributed by atoms with Gasteiger partial charge in [0.1, 0.15) is 0 Å². The number of hydrogen-bond acceptors (Lipinski definition) is 6. The molecule has 8 nitrogen and oxygen atoms in total. The van der Waals surface area contributed by atoms with E-state index < -0.39 is 23.4 Å². The Morgan fingerprint density at radius 1 is 0.862 bits per heavy atom. The molecule has 162 valence electrons. The fourth-order valence-corrected chi connectivity index (χ4v) is 7.09. The summed E-state index contributed by atoms with van der Waals surface area (Å²) in [6.45, 7) is 0.730. The summed E-state index contributed by atoms with van der Waals surface area (Å²) < 4.78 is 6.73. The Morgan fingerprint density at radius 2 is 1.41 bits per heavy atom. The van der Waals surface area contributed by atoms with Crippen molar-refractivity contribution in [1.82, 2.24) is 4.90 Å². The number of nitrogens with two attached hydrogens (primary N) is 2. The third kappa shape index (κ3) is 3.58. The highest BCUT2D eigenvalue weighted by molar-refractivity contribution is 5.79. The first-order valence-corrected chi connectivity index (χ1v) is 11.2. The normalized spacial score (nSPS) is 45.5. The molecule has 29 heavy (non-hydrogen) atoms. The highest BCUT2D eigenvalue weighted by atomic mass is 17.3. The van der Waals surface area contributed by atoms with Gasteiger partial charge in [0.05, 0.1) is 13.1 Å². The molecular weight excluding hydrogens is 374 g/mol. The van der Waals surface area contributed by atoms with Gasteiger partial charge in [-0.05, 0) is 62.7 Å². The van der Waals surface area contributed by atoms with E-state index in [0.29, 0.717) is 24.3 Å². The molecule has 0 aromatic heterocycles. The Morgan fingerprint density at radius 3 is 1.93 bits per heavy atom. The second-order valence-corrected chi connectivity index (χ2v) is 10.3. The maximum absolute atomic E-state index is 11.3. The number of primary amides is 2. The van der Waals surface area contributed by atoms with Crippen LogP contribution in [0.1, 0.15) is 57.8 Å². The van der Waals surface area contributed by atoms with Gasteiger partial charge in [0, 0.05) is 31.2 Å². The summed E-state index contributed by atoms with van der Waals surface area (Å²) in [7, 11) is 0. The quantitative estimate of drug-likeness (QED) is 0.641. The van der Waals surface area contributed by atoms with Crippen molar-refractivity contribution in [1.29, 1.82) is 0 Å². The predicted molar refractivity (Wildman–Crippen MR) is 103 cm³/mol. The molecule has 4 N–H and O–H groups in total. The number of hydrogen-bond donors (Lipinski definition) is 2. The van der Waals surface area contributed by atoms with E-state index in [9.17, 15) is 9.59 Å². The summed E-state index contributed by atoms with van der Waals surface area (Å²) in [6, 6.07) is 0. The van der Waals surface area contributed by atoms with Gasteiger partial charge in [0.15, 0.2) is 0 Å². The number of carbonyl (C=O) groups is 2. The van der Waals surface area contributed by atoms with Crippen molar-refractivity contribution in [2.45, 2.75) is 69.4 Å². The van der Waals surface area contributed by atoms with Gasteiger partial charge in [-0.2, -0.15) is 9.78 Å². The maximum atomic E-state index is 11.3. The van der Waals surface area contributed by atoms with Crippen LogP contribution in [0.3, 0.4) is 0 Å². The standard InChI is InChI=1S/C21H33N3O5/c22-18(25)11-24(12-19(23)26)10-13-1-3-20(4-2-13)27-21(29-28-20)16-6-14-5-15(8-16)9-17(21)7-14/h13-17H,1-12H2,(H2,22,25)(H2,23,26). The molecule has 1 aliphatic heterocycles. The van der Waals surface area contributed by atoms with Gasteiger partial charge < -0.3 is 16.2 Å². The van der Waals surface area contributed by atoms with Gasteiger partial charge in [-0.1, -0.05) is 0 Å². The zero-order chi connectivity index (χ0) is 20.2. The number of rotatable bonds is 6. The topological polar surface area (TPSA) is 117 Å². The highest BCUT2D eigenvalue weighted by Gasteiger charge is 2.66. The van der Waals surface area contributed by atoms with Crippen LogP contribution in [0.2, 0.25) is 0 Å². The lowest BCUT2D eigenvalue weighted by Gasteiger charge is -2.57. The van der Waals surface area contributed by atoms with E-state index in [-0.39, 0.29) is 13.1 Å². The van der Waals surface area contributed by atoms with Crippen molar-refractivity contribution in [2.75, 3.05) is 19.6 Å². The summed E-state index contributed by atoms with van der Waals surface area (Å²) in [6.07, 6.45) is 9.58. The second kappa shape index (κ2) is 7.18. The summed E-state index contributed by atoms with van der Waals surface area (Å²) in [5, 5.41) is 0. The number of ether oxygens (including phenoxy) is 1. The lowest BCUT2D eigenvalue weighted by molar-refractivity contribution is -0.390. The Labute approximate surface area is 171 Å². The Kier molecular flexibility index (Phi) is 4.89. The van der Waals surface area contributed by atoms with Crippen LogP contribution in [0, 0.1) is 29.6 Å². The minimum atomic E-state index is -0.635. The molecule has 2 spiro atoms. The van der Waals surface area contributed by atoms with Crippen LogP contribution < -0.4 is 11.5 Å². The number of amides is 2. The number of nitrogens with zero attached hydrogens (tertiary/aromatic N) is 1. The van der Waals surface area contributed by atoms with Crippen molar-refractivity contribution in [3.63, 3.8) is 0 Å².